The lowest BCUT2D eigenvalue weighted by atomic mass is 10.1. The van der Waals surface area contributed by atoms with Gasteiger partial charge in [-0.15, -0.1) is 0 Å². The molecule has 1 aliphatic heterocycles. The summed E-state index contributed by atoms with van der Waals surface area (Å²) in [6.07, 6.45) is 1.27. The predicted octanol–water partition coefficient (Wildman–Crippen LogP) is 2.82. The van der Waals surface area contributed by atoms with E-state index in [1.165, 1.54) is 10.9 Å². The Morgan fingerprint density at radius 3 is 2.78 bits per heavy atom. The van der Waals surface area contributed by atoms with Crippen LogP contribution in [0.5, 0.6) is 5.75 Å². The molecule has 1 amide bonds. The van der Waals surface area contributed by atoms with E-state index in [9.17, 15) is 14.7 Å². The first-order valence-electron chi connectivity index (χ1n) is 8.46. The van der Waals surface area contributed by atoms with Crippen molar-refractivity contribution < 1.29 is 19.4 Å². The van der Waals surface area contributed by atoms with Crippen molar-refractivity contribution in [1.82, 2.24) is 9.78 Å². The minimum Gasteiger partial charge on any atom is -0.480 e. The standard InChI is InChI=1S/C20H17N3O4/c1-12-16(20(25)26)11-21-23(12)15-7-4-6-14(10-15)22-19(24)18-9-13-5-2-3-8-17(13)27-18/h2-8,10-11,18H,9H2,1H3,(H,22,24)(H,25,26). The average Bonchev–Trinajstić information content (AvgIpc) is 3.25. The molecule has 0 saturated carbocycles. The second kappa shape index (κ2) is 6.60. The molecular formula is C20H17N3O4. The number of hydrogen-bond acceptors (Lipinski definition) is 4. The van der Waals surface area contributed by atoms with Gasteiger partial charge >= 0.3 is 5.97 Å². The number of nitrogens with zero attached hydrogens (tertiary/aromatic N) is 2. The summed E-state index contributed by atoms with van der Waals surface area (Å²) in [5, 5.41) is 16.2. The Hall–Kier alpha value is -3.61. The zero-order valence-corrected chi connectivity index (χ0v) is 14.5. The van der Waals surface area contributed by atoms with Crippen LogP contribution in [0.2, 0.25) is 0 Å². The smallest absolute Gasteiger partial charge is 0.339 e. The number of ether oxygens (including phenoxy) is 1. The molecule has 7 nitrogen and oxygen atoms in total. The number of carbonyl (C=O) groups excluding carboxylic acids is 1. The van der Waals surface area contributed by atoms with Crippen LogP contribution in [-0.2, 0) is 11.2 Å². The maximum absolute atomic E-state index is 12.6. The Kier molecular flexibility index (Phi) is 4.12. The number of fused-ring (bicyclic) bond motifs is 1. The van der Waals surface area contributed by atoms with Gasteiger partial charge in [0.1, 0.15) is 11.3 Å². The first-order chi connectivity index (χ1) is 13.0. The topological polar surface area (TPSA) is 93.5 Å². The van der Waals surface area contributed by atoms with Crippen LogP contribution in [0, 0.1) is 6.92 Å². The molecule has 3 aromatic rings. The van der Waals surface area contributed by atoms with E-state index >= 15 is 0 Å². The number of hydrogen-bond donors (Lipinski definition) is 2. The molecule has 2 N–H and O–H groups in total. The highest BCUT2D eigenvalue weighted by Crippen LogP contribution is 2.29. The second-order valence-electron chi connectivity index (χ2n) is 6.32. The van der Waals surface area contributed by atoms with Crippen molar-refractivity contribution in [1.29, 1.82) is 0 Å². The lowest BCUT2D eigenvalue weighted by Crippen LogP contribution is -2.31. The van der Waals surface area contributed by atoms with Crippen molar-refractivity contribution in [3.8, 4) is 11.4 Å². The number of para-hydroxylation sites is 1. The van der Waals surface area contributed by atoms with Crippen LogP contribution < -0.4 is 10.1 Å². The van der Waals surface area contributed by atoms with Gasteiger partial charge in [-0.05, 0) is 36.8 Å². The van der Waals surface area contributed by atoms with Crippen LogP contribution in [-0.4, -0.2) is 32.9 Å². The molecule has 27 heavy (non-hydrogen) atoms. The van der Waals surface area contributed by atoms with Crippen molar-refractivity contribution in [2.75, 3.05) is 5.32 Å². The van der Waals surface area contributed by atoms with Gasteiger partial charge in [0.15, 0.2) is 6.10 Å². The summed E-state index contributed by atoms with van der Waals surface area (Å²) in [6, 6.07) is 14.7. The maximum atomic E-state index is 12.6. The van der Waals surface area contributed by atoms with Gasteiger partial charge in [0, 0.05) is 12.1 Å². The number of aromatic nitrogens is 2. The number of carboxylic acids is 1. The van der Waals surface area contributed by atoms with Gasteiger partial charge in [0.2, 0.25) is 0 Å². The van der Waals surface area contributed by atoms with Crippen LogP contribution in [0.3, 0.4) is 0 Å². The number of benzene rings is 2. The molecule has 4 rings (SSSR count). The highest BCUT2D eigenvalue weighted by atomic mass is 16.5. The Bertz CT molecular complexity index is 1020. The number of aromatic carboxylic acids is 1. The number of carbonyl (C=O) groups is 2. The molecule has 1 unspecified atom stereocenters. The molecule has 1 aromatic heterocycles. The molecule has 0 spiro atoms. The van der Waals surface area contributed by atoms with E-state index in [1.807, 2.05) is 24.3 Å². The number of carboxylic acid groups (broad SMARTS) is 1. The van der Waals surface area contributed by atoms with Crippen LogP contribution in [0.4, 0.5) is 5.69 Å². The fraction of sp³-hybridized carbons (Fsp3) is 0.150. The van der Waals surface area contributed by atoms with E-state index in [4.69, 9.17) is 4.74 Å². The third-order valence-electron chi connectivity index (χ3n) is 4.54. The van der Waals surface area contributed by atoms with Crippen molar-refractivity contribution in [2.45, 2.75) is 19.4 Å². The van der Waals surface area contributed by atoms with Gasteiger partial charge in [-0.2, -0.15) is 5.10 Å². The van der Waals surface area contributed by atoms with E-state index < -0.39 is 12.1 Å². The normalized spacial score (nSPS) is 15.1. The summed E-state index contributed by atoms with van der Waals surface area (Å²) in [5.74, 6) is -0.521. The van der Waals surface area contributed by atoms with Gasteiger partial charge in [0.25, 0.3) is 5.91 Å². The summed E-state index contributed by atoms with van der Waals surface area (Å²) in [6.45, 7) is 1.69. The lowest BCUT2D eigenvalue weighted by molar-refractivity contribution is -0.122. The molecule has 0 bridgehead atoms. The van der Waals surface area contributed by atoms with Crippen LogP contribution in [0.25, 0.3) is 5.69 Å². The van der Waals surface area contributed by atoms with Gasteiger partial charge in [-0.3, -0.25) is 4.79 Å². The van der Waals surface area contributed by atoms with Crippen molar-refractivity contribution in [2.24, 2.45) is 0 Å². The van der Waals surface area contributed by atoms with Crippen molar-refractivity contribution in [3.63, 3.8) is 0 Å². The van der Waals surface area contributed by atoms with Crippen LogP contribution in [0.15, 0.2) is 54.7 Å². The zero-order valence-electron chi connectivity index (χ0n) is 14.5. The van der Waals surface area contributed by atoms with E-state index in [2.05, 4.69) is 10.4 Å². The molecular weight excluding hydrogens is 346 g/mol. The van der Waals surface area contributed by atoms with Crippen molar-refractivity contribution >= 4 is 17.6 Å². The van der Waals surface area contributed by atoms with E-state index in [0.717, 1.165) is 11.3 Å². The number of amides is 1. The van der Waals surface area contributed by atoms with Crippen LogP contribution in [0.1, 0.15) is 21.6 Å². The number of rotatable bonds is 4. The van der Waals surface area contributed by atoms with E-state index in [0.29, 0.717) is 23.5 Å². The second-order valence-corrected chi connectivity index (χ2v) is 6.32. The summed E-state index contributed by atoms with van der Waals surface area (Å²) in [4.78, 5) is 23.8. The molecule has 2 heterocycles. The molecule has 2 aromatic carbocycles. The van der Waals surface area contributed by atoms with Gasteiger partial charge in [0.05, 0.1) is 17.6 Å². The summed E-state index contributed by atoms with van der Waals surface area (Å²) in [7, 11) is 0. The number of nitrogens with one attached hydrogen (secondary N) is 1. The zero-order chi connectivity index (χ0) is 19.0. The fourth-order valence-electron chi connectivity index (χ4n) is 3.15. The number of anilines is 1. The van der Waals surface area contributed by atoms with E-state index in [-0.39, 0.29) is 11.5 Å². The van der Waals surface area contributed by atoms with Gasteiger partial charge in [-0.1, -0.05) is 24.3 Å². The molecule has 7 heteroatoms. The lowest BCUT2D eigenvalue weighted by Gasteiger charge is -2.12. The van der Waals surface area contributed by atoms with Gasteiger partial charge < -0.3 is 15.2 Å². The largest absolute Gasteiger partial charge is 0.480 e. The predicted molar refractivity (Wildman–Crippen MR) is 98.5 cm³/mol. The Morgan fingerprint density at radius 2 is 2.04 bits per heavy atom. The molecule has 0 aliphatic carbocycles. The highest BCUT2D eigenvalue weighted by Gasteiger charge is 2.28. The summed E-state index contributed by atoms with van der Waals surface area (Å²) >= 11 is 0. The minimum atomic E-state index is -1.03. The Balaban J connectivity index is 1.52. The third kappa shape index (κ3) is 3.15. The first-order valence-corrected chi connectivity index (χ1v) is 8.46. The van der Waals surface area contributed by atoms with Gasteiger partial charge in [-0.25, -0.2) is 9.48 Å². The molecule has 0 fully saturated rings. The van der Waals surface area contributed by atoms with E-state index in [1.54, 1.807) is 31.2 Å². The Morgan fingerprint density at radius 1 is 1.22 bits per heavy atom. The monoisotopic (exact) mass is 363 g/mol. The quantitative estimate of drug-likeness (QED) is 0.743. The molecule has 1 aliphatic rings. The fourth-order valence-corrected chi connectivity index (χ4v) is 3.15. The summed E-state index contributed by atoms with van der Waals surface area (Å²) in [5.41, 5.74) is 2.92. The first kappa shape index (κ1) is 16.8. The van der Waals surface area contributed by atoms with Crippen LogP contribution >= 0.6 is 0 Å². The molecule has 0 radical (unpaired) electrons. The SMILES string of the molecule is Cc1c(C(=O)O)cnn1-c1cccc(NC(=O)C2Cc3ccccc3O2)c1. The molecule has 0 saturated heterocycles. The Labute approximate surface area is 155 Å². The average molecular weight is 363 g/mol. The highest BCUT2D eigenvalue weighted by molar-refractivity contribution is 5.95. The molecule has 136 valence electrons. The minimum absolute atomic E-state index is 0.140. The maximum Gasteiger partial charge on any atom is 0.339 e. The third-order valence-corrected chi connectivity index (χ3v) is 4.54. The van der Waals surface area contributed by atoms with Crippen molar-refractivity contribution in [3.05, 3.63) is 71.5 Å². The molecule has 1 atom stereocenters. The summed E-state index contributed by atoms with van der Waals surface area (Å²) < 4.78 is 7.24.